The highest BCUT2D eigenvalue weighted by Crippen LogP contribution is 2.16. The molecule has 0 radical (unpaired) electrons. The zero-order valence-electron chi connectivity index (χ0n) is 6.78. The van der Waals surface area contributed by atoms with Gasteiger partial charge < -0.3 is 5.11 Å². The average Bonchev–Trinajstić information content (AvgIpc) is 2.00. The van der Waals surface area contributed by atoms with Gasteiger partial charge in [0.2, 0.25) is 0 Å². The molecule has 0 fully saturated rings. The van der Waals surface area contributed by atoms with Gasteiger partial charge in [0.25, 0.3) is 5.56 Å². The van der Waals surface area contributed by atoms with E-state index in [1.807, 2.05) is 0 Å². The molecule has 0 aliphatic carbocycles. The summed E-state index contributed by atoms with van der Waals surface area (Å²) in [6, 6.07) is 0. The number of halogens is 1. The Hall–Kier alpha value is -0.870. The minimum atomic E-state index is -0.765. The SMILES string of the molecule is CC(O)c1cnn(C)c(=O)c1Cl. The number of rotatable bonds is 1. The van der Waals surface area contributed by atoms with Gasteiger partial charge >= 0.3 is 0 Å². The van der Waals surface area contributed by atoms with Gasteiger partial charge in [-0.05, 0) is 6.92 Å². The molecule has 1 aromatic rings. The lowest BCUT2D eigenvalue weighted by Gasteiger charge is -2.06. The predicted octanol–water partition coefficient (Wildman–Crippen LogP) is 0.487. The maximum absolute atomic E-state index is 11.2. The van der Waals surface area contributed by atoms with Crippen LogP contribution >= 0.6 is 11.6 Å². The largest absolute Gasteiger partial charge is 0.389 e. The lowest BCUT2D eigenvalue weighted by molar-refractivity contribution is 0.198. The van der Waals surface area contributed by atoms with E-state index in [9.17, 15) is 4.79 Å². The van der Waals surface area contributed by atoms with Crippen LogP contribution in [0.25, 0.3) is 0 Å². The second kappa shape index (κ2) is 3.25. The molecule has 0 aliphatic rings. The Bertz CT molecular complexity index is 346. The summed E-state index contributed by atoms with van der Waals surface area (Å²) < 4.78 is 1.12. The van der Waals surface area contributed by atoms with Crippen molar-refractivity contribution in [1.29, 1.82) is 0 Å². The molecule has 0 saturated heterocycles. The van der Waals surface area contributed by atoms with E-state index in [2.05, 4.69) is 5.10 Å². The molecule has 1 N–H and O–H groups in total. The van der Waals surface area contributed by atoms with Crippen molar-refractivity contribution in [3.8, 4) is 0 Å². The van der Waals surface area contributed by atoms with E-state index >= 15 is 0 Å². The zero-order valence-corrected chi connectivity index (χ0v) is 7.54. The first-order valence-electron chi connectivity index (χ1n) is 3.44. The first-order chi connectivity index (χ1) is 5.54. The van der Waals surface area contributed by atoms with Gasteiger partial charge in [0.05, 0.1) is 12.3 Å². The number of hydrogen-bond donors (Lipinski definition) is 1. The second-order valence-electron chi connectivity index (χ2n) is 2.52. The summed E-state index contributed by atoms with van der Waals surface area (Å²) >= 11 is 5.66. The summed E-state index contributed by atoms with van der Waals surface area (Å²) in [6.45, 7) is 1.53. The first kappa shape index (κ1) is 9.22. The van der Waals surface area contributed by atoms with Crippen molar-refractivity contribution in [2.75, 3.05) is 0 Å². The number of aliphatic hydroxyl groups excluding tert-OH is 1. The van der Waals surface area contributed by atoms with Crippen LogP contribution in [0.1, 0.15) is 18.6 Å². The molecule has 4 nitrogen and oxygen atoms in total. The van der Waals surface area contributed by atoms with Crippen LogP contribution in [0.3, 0.4) is 0 Å². The molecular weight excluding hydrogens is 180 g/mol. The fourth-order valence-corrected chi connectivity index (χ4v) is 1.14. The minimum absolute atomic E-state index is 0.0301. The Balaban J connectivity index is 3.37. The molecule has 66 valence electrons. The smallest absolute Gasteiger partial charge is 0.285 e. The van der Waals surface area contributed by atoms with Crippen LogP contribution < -0.4 is 5.56 Å². The van der Waals surface area contributed by atoms with Crippen molar-refractivity contribution in [2.24, 2.45) is 7.05 Å². The van der Waals surface area contributed by atoms with Gasteiger partial charge in [-0.2, -0.15) is 5.10 Å². The van der Waals surface area contributed by atoms with E-state index in [1.54, 1.807) is 0 Å². The third-order valence-electron chi connectivity index (χ3n) is 1.56. The normalized spacial score (nSPS) is 13.0. The van der Waals surface area contributed by atoms with Crippen LogP contribution in [0.15, 0.2) is 11.0 Å². The number of aromatic nitrogens is 2. The Kier molecular flexibility index (Phi) is 2.49. The van der Waals surface area contributed by atoms with Crippen LogP contribution in [-0.2, 0) is 7.05 Å². The zero-order chi connectivity index (χ0) is 9.30. The summed E-state index contributed by atoms with van der Waals surface area (Å²) in [7, 11) is 1.50. The van der Waals surface area contributed by atoms with Gasteiger partial charge in [-0.1, -0.05) is 11.6 Å². The average molecular weight is 189 g/mol. The molecule has 1 aromatic heterocycles. The standard InChI is InChI=1S/C7H9ClN2O2/c1-4(11)5-3-9-10(2)7(12)6(5)8/h3-4,11H,1-2H3. The highest BCUT2D eigenvalue weighted by atomic mass is 35.5. The van der Waals surface area contributed by atoms with Gasteiger partial charge in [0.1, 0.15) is 5.02 Å². The van der Waals surface area contributed by atoms with Crippen LogP contribution in [0.2, 0.25) is 5.02 Å². The monoisotopic (exact) mass is 188 g/mol. The Morgan fingerprint density at radius 3 is 2.83 bits per heavy atom. The summed E-state index contributed by atoms with van der Waals surface area (Å²) in [5.74, 6) is 0. The molecule has 12 heavy (non-hydrogen) atoms. The fourth-order valence-electron chi connectivity index (χ4n) is 0.815. The molecule has 1 atom stereocenters. The lowest BCUT2D eigenvalue weighted by Crippen LogP contribution is -2.21. The molecule has 5 heteroatoms. The van der Waals surface area contributed by atoms with Crippen molar-refractivity contribution in [3.63, 3.8) is 0 Å². The summed E-state index contributed by atoms with van der Waals surface area (Å²) in [5, 5.41) is 12.9. The molecule has 0 amide bonds. The lowest BCUT2D eigenvalue weighted by atomic mass is 10.2. The van der Waals surface area contributed by atoms with Crippen LogP contribution in [0.5, 0.6) is 0 Å². The van der Waals surface area contributed by atoms with E-state index < -0.39 is 11.7 Å². The van der Waals surface area contributed by atoms with Crippen molar-refractivity contribution in [3.05, 3.63) is 27.1 Å². The van der Waals surface area contributed by atoms with E-state index in [-0.39, 0.29) is 5.02 Å². The van der Waals surface area contributed by atoms with Crippen LogP contribution in [-0.4, -0.2) is 14.9 Å². The van der Waals surface area contributed by atoms with Crippen LogP contribution in [0, 0.1) is 0 Å². The van der Waals surface area contributed by atoms with Crippen molar-refractivity contribution < 1.29 is 5.11 Å². The van der Waals surface area contributed by atoms with Crippen molar-refractivity contribution in [2.45, 2.75) is 13.0 Å². The predicted molar refractivity (Wildman–Crippen MR) is 45.1 cm³/mol. The van der Waals surface area contributed by atoms with Crippen molar-refractivity contribution >= 4 is 11.6 Å². The Morgan fingerprint density at radius 1 is 1.75 bits per heavy atom. The molecule has 0 aromatic carbocycles. The molecule has 0 saturated carbocycles. The topological polar surface area (TPSA) is 55.1 Å². The van der Waals surface area contributed by atoms with Gasteiger partial charge in [0, 0.05) is 12.6 Å². The number of hydrogen-bond acceptors (Lipinski definition) is 3. The summed E-state index contributed by atoms with van der Waals surface area (Å²) in [5.41, 5.74) is -0.0326. The summed E-state index contributed by atoms with van der Waals surface area (Å²) in [6.07, 6.45) is 0.618. The molecular formula is C7H9ClN2O2. The Morgan fingerprint density at radius 2 is 2.33 bits per heavy atom. The minimum Gasteiger partial charge on any atom is -0.389 e. The van der Waals surface area contributed by atoms with Gasteiger partial charge in [-0.3, -0.25) is 4.79 Å². The third kappa shape index (κ3) is 1.49. The van der Waals surface area contributed by atoms with Gasteiger partial charge in [-0.15, -0.1) is 0 Å². The Labute approximate surface area is 74.4 Å². The number of aliphatic hydroxyl groups is 1. The van der Waals surface area contributed by atoms with E-state index in [4.69, 9.17) is 16.7 Å². The molecule has 0 spiro atoms. The first-order valence-corrected chi connectivity index (χ1v) is 3.81. The van der Waals surface area contributed by atoms with E-state index in [0.717, 1.165) is 4.68 Å². The fraction of sp³-hybridized carbons (Fsp3) is 0.429. The quantitative estimate of drug-likeness (QED) is 0.698. The molecule has 1 unspecified atom stereocenters. The highest BCUT2D eigenvalue weighted by Gasteiger charge is 2.10. The molecule has 0 aliphatic heterocycles. The highest BCUT2D eigenvalue weighted by molar-refractivity contribution is 6.31. The van der Waals surface area contributed by atoms with E-state index in [1.165, 1.54) is 20.2 Å². The molecule has 0 bridgehead atoms. The molecule has 1 rings (SSSR count). The van der Waals surface area contributed by atoms with Gasteiger partial charge in [0.15, 0.2) is 0 Å². The molecule has 1 heterocycles. The van der Waals surface area contributed by atoms with Crippen LogP contribution in [0.4, 0.5) is 0 Å². The van der Waals surface area contributed by atoms with E-state index in [0.29, 0.717) is 5.56 Å². The summed E-state index contributed by atoms with van der Waals surface area (Å²) in [4.78, 5) is 11.2. The third-order valence-corrected chi connectivity index (χ3v) is 1.94. The second-order valence-corrected chi connectivity index (χ2v) is 2.90. The van der Waals surface area contributed by atoms with Crippen molar-refractivity contribution in [1.82, 2.24) is 9.78 Å². The number of aryl methyl sites for hydroxylation is 1. The van der Waals surface area contributed by atoms with Gasteiger partial charge in [-0.25, -0.2) is 4.68 Å². The number of nitrogens with zero attached hydrogens (tertiary/aromatic N) is 2. The maximum Gasteiger partial charge on any atom is 0.285 e. The maximum atomic E-state index is 11.2.